The molecule has 0 fully saturated rings. The van der Waals surface area contributed by atoms with Gasteiger partial charge in [0.1, 0.15) is 0 Å². The molecule has 0 saturated heterocycles. The van der Waals surface area contributed by atoms with Crippen LogP contribution in [0.15, 0.2) is 30.3 Å². The van der Waals surface area contributed by atoms with Crippen LogP contribution in [0.2, 0.25) is 0 Å². The zero-order valence-electron chi connectivity index (χ0n) is 13.4. The van der Waals surface area contributed by atoms with Gasteiger partial charge in [-0.2, -0.15) is 0 Å². The van der Waals surface area contributed by atoms with Crippen LogP contribution in [0.5, 0.6) is 0 Å². The zero-order valence-corrected chi connectivity index (χ0v) is 13.4. The second kappa shape index (κ2) is 11.2. The molecule has 0 aliphatic rings. The Bertz CT molecular complexity index is 654. The van der Waals surface area contributed by atoms with Crippen LogP contribution in [0.1, 0.15) is 25.5 Å². The summed E-state index contributed by atoms with van der Waals surface area (Å²) in [6, 6.07) is 10.7. The van der Waals surface area contributed by atoms with Crippen LogP contribution in [0.25, 0.3) is 10.9 Å². The molecule has 1 heterocycles. The van der Waals surface area contributed by atoms with Gasteiger partial charge in [0.15, 0.2) is 0 Å². The Morgan fingerprint density at radius 2 is 1.36 bits per heavy atom. The predicted molar refractivity (Wildman–Crippen MR) is 87.5 cm³/mol. The van der Waals surface area contributed by atoms with Crippen LogP contribution >= 0.6 is 0 Å². The number of aryl methyl sites for hydroxylation is 1. The number of para-hydroxylation sites is 1. The highest BCUT2D eigenvalue weighted by molar-refractivity contribution is 6.27. The molecule has 0 aliphatic carbocycles. The van der Waals surface area contributed by atoms with E-state index in [4.69, 9.17) is 39.6 Å². The second-order valence-electron chi connectivity index (χ2n) is 4.71. The van der Waals surface area contributed by atoms with E-state index in [2.05, 4.69) is 42.2 Å². The van der Waals surface area contributed by atoms with Crippen molar-refractivity contribution in [3.63, 3.8) is 0 Å². The molecule has 9 nitrogen and oxygen atoms in total. The number of fused-ring (bicyclic) bond motifs is 1. The number of carboxylic acids is 4. The van der Waals surface area contributed by atoms with Gasteiger partial charge in [-0.05, 0) is 30.4 Å². The smallest absolute Gasteiger partial charge is 0.414 e. The molecule has 0 amide bonds. The maximum atomic E-state index is 9.10. The standard InChI is InChI=1S/C12H15N.2C2H2O4/c1-2-3-7-11-9-10-6-4-5-8-12(10)13-11;2*3-1(4)2(5)6/h4-6,8-9,13H,2-3,7H2,1H3;2*(H,3,4)(H,5,6). The van der Waals surface area contributed by atoms with E-state index in [1.165, 1.54) is 35.9 Å². The molecule has 2 rings (SSSR count). The lowest BCUT2D eigenvalue weighted by molar-refractivity contribution is -0.159. The number of H-pyrrole nitrogens is 1. The largest absolute Gasteiger partial charge is 0.473 e. The van der Waals surface area contributed by atoms with E-state index in [1.807, 2.05) is 0 Å². The monoisotopic (exact) mass is 353 g/mol. The quantitative estimate of drug-likeness (QED) is 0.521. The van der Waals surface area contributed by atoms with E-state index in [9.17, 15) is 0 Å². The van der Waals surface area contributed by atoms with Gasteiger partial charge in [-0.1, -0.05) is 31.5 Å². The molecule has 0 saturated carbocycles. The van der Waals surface area contributed by atoms with Crippen molar-refractivity contribution in [3.8, 4) is 0 Å². The first-order valence-electron chi connectivity index (χ1n) is 7.18. The summed E-state index contributed by atoms with van der Waals surface area (Å²) >= 11 is 0. The Kier molecular flexibility index (Phi) is 9.71. The molecule has 0 unspecified atom stereocenters. The van der Waals surface area contributed by atoms with Crippen molar-refractivity contribution in [3.05, 3.63) is 36.0 Å². The fourth-order valence-electron chi connectivity index (χ4n) is 1.64. The minimum Gasteiger partial charge on any atom is -0.473 e. The Morgan fingerprint density at radius 1 is 0.880 bits per heavy atom. The highest BCUT2D eigenvalue weighted by Crippen LogP contribution is 2.15. The maximum Gasteiger partial charge on any atom is 0.414 e. The fraction of sp³-hybridized carbons (Fsp3) is 0.250. The topological polar surface area (TPSA) is 165 Å². The second-order valence-corrected chi connectivity index (χ2v) is 4.71. The molecule has 0 atom stereocenters. The first-order valence-corrected chi connectivity index (χ1v) is 7.18. The van der Waals surface area contributed by atoms with Gasteiger partial charge < -0.3 is 25.4 Å². The van der Waals surface area contributed by atoms with Gasteiger partial charge >= 0.3 is 23.9 Å². The molecular weight excluding hydrogens is 334 g/mol. The SMILES string of the molecule is CCCCc1cc2ccccc2[nH]1.O=C(O)C(=O)O.O=C(O)C(=O)O. The molecule has 1 aromatic heterocycles. The van der Waals surface area contributed by atoms with Crippen LogP contribution in [-0.2, 0) is 25.6 Å². The van der Waals surface area contributed by atoms with Gasteiger partial charge in [0.25, 0.3) is 0 Å². The van der Waals surface area contributed by atoms with Crippen LogP contribution in [-0.4, -0.2) is 49.3 Å². The molecule has 136 valence electrons. The van der Waals surface area contributed by atoms with E-state index < -0.39 is 23.9 Å². The summed E-state index contributed by atoms with van der Waals surface area (Å²) < 4.78 is 0. The number of nitrogens with one attached hydrogen (secondary N) is 1. The Labute approximate surface area is 142 Å². The molecule has 2 aromatic rings. The number of rotatable bonds is 3. The van der Waals surface area contributed by atoms with Gasteiger partial charge in [-0.15, -0.1) is 0 Å². The lowest BCUT2D eigenvalue weighted by atomic mass is 10.2. The number of carbonyl (C=O) groups is 4. The van der Waals surface area contributed by atoms with Crippen molar-refractivity contribution in [2.45, 2.75) is 26.2 Å². The van der Waals surface area contributed by atoms with Crippen molar-refractivity contribution < 1.29 is 39.6 Å². The van der Waals surface area contributed by atoms with Gasteiger partial charge in [0.2, 0.25) is 0 Å². The lowest BCUT2D eigenvalue weighted by Crippen LogP contribution is -2.09. The number of aromatic nitrogens is 1. The number of aromatic amines is 1. The number of unbranched alkanes of at least 4 members (excludes halogenated alkanes) is 1. The summed E-state index contributed by atoms with van der Waals surface area (Å²) in [4.78, 5) is 39.8. The summed E-state index contributed by atoms with van der Waals surface area (Å²) in [6.45, 7) is 2.22. The van der Waals surface area contributed by atoms with Crippen molar-refractivity contribution in [1.29, 1.82) is 0 Å². The zero-order chi connectivity index (χ0) is 19.4. The van der Waals surface area contributed by atoms with E-state index in [0.29, 0.717) is 0 Å². The Hall–Kier alpha value is -3.36. The number of hydrogen-bond acceptors (Lipinski definition) is 4. The first-order chi connectivity index (χ1) is 11.7. The highest BCUT2D eigenvalue weighted by Gasteiger charge is 2.04. The van der Waals surface area contributed by atoms with Gasteiger partial charge in [0.05, 0.1) is 0 Å². The number of benzene rings is 1. The van der Waals surface area contributed by atoms with Crippen molar-refractivity contribution in [2.24, 2.45) is 0 Å². The normalized spacial score (nSPS) is 9.16. The first kappa shape index (κ1) is 21.6. The molecule has 0 radical (unpaired) electrons. The predicted octanol–water partition coefficient (Wildman–Crippen LogP) is 1.82. The van der Waals surface area contributed by atoms with Crippen LogP contribution in [0, 0.1) is 0 Å². The van der Waals surface area contributed by atoms with Gasteiger partial charge in [0, 0.05) is 11.2 Å². The van der Waals surface area contributed by atoms with Crippen molar-refractivity contribution in [2.75, 3.05) is 0 Å². The highest BCUT2D eigenvalue weighted by atomic mass is 16.4. The molecular formula is C16H19NO8. The molecule has 1 aromatic carbocycles. The minimum absolute atomic E-state index is 1.17. The number of hydrogen-bond donors (Lipinski definition) is 5. The maximum absolute atomic E-state index is 9.10. The average Bonchev–Trinajstić information content (AvgIpc) is 2.96. The molecule has 9 heteroatoms. The van der Waals surface area contributed by atoms with Crippen molar-refractivity contribution >= 4 is 34.8 Å². The fourth-order valence-corrected chi connectivity index (χ4v) is 1.64. The van der Waals surface area contributed by atoms with Gasteiger partial charge in [-0.25, -0.2) is 19.2 Å². The Balaban J connectivity index is 0.000000406. The third kappa shape index (κ3) is 9.39. The molecule has 0 bridgehead atoms. The number of aliphatic carboxylic acids is 4. The summed E-state index contributed by atoms with van der Waals surface area (Å²) in [5.41, 5.74) is 2.62. The van der Waals surface area contributed by atoms with Crippen LogP contribution in [0.4, 0.5) is 0 Å². The third-order valence-electron chi connectivity index (χ3n) is 2.75. The number of carboxylic acid groups (broad SMARTS) is 4. The minimum atomic E-state index is -1.82. The third-order valence-corrected chi connectivity index (χ3v) is 2.75. The van der Waals surface area contributed by atoms with Crippen molar-refractivity contribution in [1.82, 2.24) is 4.98 Å². The summed E-state index contributed by atoms with van der Waals surface area (Å²) in [6.07, 6.45) is 3.70. The van der Waals surface area contributed by atoms with E-state index in [1.54, 1.807) is 0 Å². The summed E-state index contributed by atoms with van der Waals surface area (Å²) in [5.74, 6) is -7.30. The van der Waals surface area contributed by atoms with E-state index in [0.717, 1.165) is 0 Å². The summed E-state index contributed by atoms with van der Waals surface area (Å²) in [5, 5.41) is 30.9. The molecule has 0 spiro atoms. The molecule has 0 aliphatic heterocycles. The van der Waals surface area contributed by atoms with E-state index >= 15 is 0 Å². The van der Waals surface area contributed by atoms with Crippen LogP contribution in [0.3, 0.4) is 0 Å². The van der Waals surface area contributed by atoms with E-state index in [-0.39, 0.29) is 0 Å². The molecule has 25 heavy (non-hydrogen) atoms. The average molecular weight is 353 g/mol. The lowest BCUT2D eigenvalue weighted by Gasteiger charge is -1.92. The Morgan fingerprint density at radius 3 is 1.76 bits per heavy atom. The molecule has 5 N–H and O–H groups in total. The summed E-state index contributed by atoms with van der Waals surface area (Å²) in [7, 11) is 0. The van der Waals surface area contributed by atoms with Crippen LogP contribution < -0.4 is 0 Å². The van der Waals surface area contributed by atoms with Gasteiger partial charge in [-0.3, -0.25) is 0 Å².